The van der Waals surface area contributed by atoms with E-state index in [9.17, 15) is 9.59 Å². The van der Waals surface area contributed by atoms with Crippen LogP contribution in [0.2, 0.25) is 5.02 Å². The Kier molecular flexibility index (Phi) is 7.68. The van der Waals surface area contributed by atoms with E-state index < -0.39 is 12.1 Å². The molecule has 6 nitrogen and oxygen atoms in total. The van der Waals surface area contributed by atoms with Gasteiger partial charge >= 0.3 is 5.97 Å². The van der Waals surface area contributed by atoms with Crippen LogP contribution in [0, 0.1) is 0 Å². The van der Waals surface area contributed by atoms with Gasteiger partial charge in [-0.05, 0) is 44.4 Å². The first-order valence-corrected chi connectivity index (χ1v) is 8.78. The molecule has 1 aromatic rings. The van der Waals surface area contributed by atoms with Gasteiger partial charge in [0, 0.05) is 11.6 Å². The third-order valence-electron chi connectivity index (χ3n) is 3.98. The summed E-state index contributed by atoms with van der Waals surface area (Å²) >= 11 is 5.84. The molecule has 1 aliphatic rings. The lowest BCUT2D eigenvalue weighted by Crippen LogP contribution is -2.34. The molecule has 1 fully saturated rings. The van der Waals surface area contributed by atoms with E-state index in [0.29, 0.717) is 11.6 Å². The van der Waals surface area contributed by atoms with Crippen molar-refractivity contribution in [1.82, 2.24) is 5.32 Å². The molecular weight excluding hydrogens is 346 g/mol. The number of hydrogen-bond acceptors (Lipinski definition) is 5. The van der Waals surface area contributed by atoms with Crippen molar-refractivity contribution in [3.63, 3.8) is 0 Å². The van der Waals surface area contributed by atoms with Crippen LogP contribution < -0.4 is 5.32 Å². The van der Waals surface area contributed by atoms with E-state index in [2.05, 4.69) is 5.32 Å². The van der Waals surface area contributed by atoms with Gasteiger partial charge in [0.2, 0.25) is 0 Å². The maximum atomic E-state index is 11.9. The maximum absolute atomic E-state index is 11.9. The summed E-state index contributed by atoms with van der Waals surface area (Å²) in [4.78, 5) is 23.8. The number of ether oxygens (including phenoxy) is 3. The molecule has 138 valence electrons. The van der Waals surface area contributed by atoms with Crippen molar-refractivity contribution < 1.29 is 23.8 Å². The Morgan fingerprint density at radius 2 is 2.04 bits per heavy atom. The highest BCUT2D eigenvalue weighted by Gasteiger charge is 2.21. The van der Waals surface area contributed by atoms with Gasteiger partial charge in [-0.1, -0.05) is 23.7 Å². The molecule has 3 unspecified atom stereocenters. The molecule has 2 rings (SSSR count). The summed E-state index contributed by atoms with van der Waals surface area (Å²) in [6.07, 6.45) is 1.26. The number of hydrogen-bond donors (Lipinski definition) is 1. The van der Waals surface area contributed by atoms with Gasteiger partial charge in [0.15, 0.2) is 12.7 Å². The van der Waals surface area contributed by atoms with Crippen LogP contribution >= 0.6 is 11.6 Å². The molecule has 1 aliphatic heterocycles. The average Bonchev–Trinajstić information content (AvgIpc) is 3.11. The standard InChI is InChI=1S/C18H24ClNO5/c1-12(14-5-7-15(19)8-6-14)20-17(21)11-25-18(22)13(2)24-10-16-4-3-9-23-16/h5-8,12-13,16H,3-4,9-11H2,1-2H3,(H,20,21). The number of amides is 1. The van der Waals surface area contributed by atoms with Crippen molar-refractivity contribution in [2.45, 2.75) is 44.9 Å². The summed E-state index contributed by atoms with van der Waals surface area (Å²) in [5.41, 5.74) is 0.914. The Bertz CT molecular complexity index is 571. The third-order valence-corrected chi connectivity index (χ3v) is 4.23. The van der Waals surface area contributed by atoms with Gasteiger partial charge in [0.1, 0.15) is 0 Å². The number of rotatable bonds is 8. The van der Waals surface area contributed by atoms with E-state index in [4.69, 9.17) is 25.8 Å². The lowest BCUT2D eigenvalue weighted by molar-refractivity contribution is -0.160. The predicted molar refractivity (Wildman–Crippen MR) is 93.4 cm³/mol. The highest BCUT2D eigenvalue weighted by Crippen LogP contribution is 2.16. The van der Waals surface area contributed by atoms with E-state index in [0.717, 1.165) is 25.0 Å². The number of benzene rings is 1. The zero-order valence-corrected chi connectivity index (χ0v) is 15.3. The van der Waals surface area contributed by atoms with Crippen LogP contribution in [0.4, 0.5) is 0 Å². The van der Waals surface area contributed by atoms with Crippen molar-refractivity contribution in [2.24, 2.45) is 0 Å². The quantitative estimate of drug-likeness (QED) is 0.713. The Labute approximate surface area is 152 Å². The van der Waals surface area contributed by atoms with Gasteiger partial charge in [-0.2, -0.15) is 0 Å². The minimum Gasteiger partial charge on any atom is -0.454 e. The zero-order valence-electron chi connectivity index (χ0n) is 14.5. The van der Waals surface area contributed by atoms with Gasteiger partial charge in [0.05, 0.1) is 18.8 Å². The molecule has 1 saturated heterocycles. The molecule has 7 heteroatoms. The van der Waals surface area contributed by atoms with Crippen LogP contribution in [-0.2, 0) is 23.8 Å². The second kappa shape index (κ2) is 9.75. The monoisotopic (exact) mass is 369 g/mol. The fourth-order valence-electron chi connectivity index (χ4n) is 2.47. The fourth-order valence-corrected chi connectivity index (χ4v) is 2.59. The topological polar surface area (TPSA) is 73.9 Å². The molecule has 1 aromatic carbocycles. The van der Waals surface area contributed by atoms with Crippen molar-refractivity contribution >= 4 is 23.5 Å². The van der Waals surface area contributed by atoms with Crippen LogP contribution in [0.5, 0.6) is 0 Å². The van der Waals surface area contributed by atoms with E-state index >= 15 is 0 Å². The number of carbonyl (C=O) groups excluding carboxylic acids is 2. The number of nitrogens with one attached hydrogen (secondary N) is 1. The smallest absolute Gasteiger partial charge is 0.335 e. The zero-order chi connectivity index (χ0) is 18.2. The number of carbonyl (C=O) groups is 2. The molecule has 0 saturated carbocycles. The van der Waals surface area contributed by atoms with Crippen LogP contribution in [0.3, 0.4) is 0 Å². The first kappa shape index (κ1) is 19.7. The van der Waals surface area contributed by atoms with Gasteiger partial charge < -0.3 is 19.5 Å². The van der Waals surface area contributed by atoms with Gasteiger partial charge in [-0.15, -0.1) is 0 Å². The Balaban J connectivity index is 1.67. The molecule has 3 atom stereocenters. The largest absolute Gasteiger partial charge is 0.454 e. The molecule has 0 aromatic heterocycles. The summed E-state index contributed by atoms with van der Waals surface area (Å²) in [5, 5.41) is 3.40. The molecule has 0 radical (unpaired) electrons. The molecule has 1 N–H and O–H groups in total. The Morgan fingerprint density at radius 1 is 1.32 bits per heavy atom. The maximum Gasteiger partial charge on any atom is 0.335 e. The fraction of sp³-hybridized carbons (Fsp3) is 0.556. The summed E-state index contributed by atoms with van der Waals surface area (Å²) in [6.45, 7) is 4.20. The average molecular weight is 370 g/mol. The summed E-state index contributed by atoms with van der Waals surface area (Å²) in [7, 11) is 0. The van der Waals surface area contributed by atoms with E-state index in [1.54, 1.807) is 19.1 Å². The minimum atomic E-state index is -0.731. The Morgan fingerprint density at radius 3 is 2.68 bits per heavy atom. The molecule has 0 bridgehead atoms. The molecular formula is C18H24ClNO5. The second-order valence-corrected chi connectivity index (χ2v) is 6.50. The van der Waals surface area contributed by atoms with Gasteiger partial charge in [0.25, 0.3) is 5.91 Å². The van der Waals surface area contributed by atoms with Crippen molar-refractivity contribution in [3.05, 3.63) is 34.9 Å². The second-order valence-electron chi connectivity index (χ2n) is 6.06. The lowest BCUT2D eigenvalue weighted by atomic mass is 10.1. The van der Waals surface area contributed by atoms with Crippen LogP contribution in [-0.4, -0.2) is 43.9 Å². The van der Waals surface area contributed by atoms with E-state index in [-0.39, 0.29) is 24.7 Å². The highest BCUT2D eigenvalue weighted by molar-refractivity contribution is 6.30. The van der Waals surface area contributed by atoms with E-state index in [1.807, 2.05) is 19.1 Å². The number of halogens is 1. The summed E-state index contributed by atoms with van der Waals surface area (Å²) < 4.78 is 15.9. The normalized spacial score (nSPS) is 19.2. The van der Waals surface area contributed by atoms with Crippen LogP contribution in [0.25, 0.3) is 0 Å². The van der Waals surface area contributed by atoms with Crippen LogP contribution in [0.1, 0.15) is 38.3 Å². The van der Waals surface area contributed by atoms with Crippen molar-refractivity contribution in [1.29, 1.82) is 0 Å². The lowest BCUT2D eigenvalue weighted by Gasteiger charge is -2.17. The first-order valence-electron chi connectivity index (χ1n) is 8.40. The first-order chi connectivity index (χ1) is 12.0. The molecule has 0 aliphatic carbocycles. The van der Waals surface area contributed by atoms with Crippen molar-refractivity contribution in [2.75, 3.05) is 19.8 Å². The molecule has 1 amide bonds. The van der Waals surface area contributed by atoms with Crippen LogP contribution in [0.15, 0.2) is 24.3 Å². The van der Waals surface area contributed by atoms with Gasteiger partial charge in [-0.25, -0.2) is 4.79 Å². The van der Waals surface area contributed by atoms with E-state index in [1.165, 1.54) is 0 Å². The van der Waals surface area contributed by atoms with Crippen molar-refractivity contribution in [3.8, 4) is 0 Å². The molecule has 1 heterocycles. The predicted octanol–water partition coefficient (Wildman–Crippen LogP) is 2.64. The Hall–Kier alpha value is -1.63. The minimum absolute atomic E-state index is 0.0405. The highest BCUT2D eigenvalue weighted by atomic mass is 35.5. The third kappa shape index (κ3) is 6.65. The summed E-state index contributed by atoms with van der Waals surface area (Å²) in [6, 6.07) is 6.97. The molecule has 25 heavy (non-hydrogen) atoms. The van der Waals surface area contributed by atoms with Gasteiger partial charge in [-0.3, -0.25) is 4.79 Å². The SMILES string of the molecule is CC(OCC1CCCO1)C(=O)OCC(=O)NC(C)c1ccc(Cl)cc1. The summed E-state index contributed by atoms with van der Waals surface area (Å²) in [5.74, 6) is -0.936. The molecule has 0 spiro atoms. The number of esters is 1.